The zero-order valence-electron chi connectivity index (χ0n) is 5.95. The van der Waals surface area contributed by atoms with E-state index in [9.17, 15) is 0 Å². The van der Waals surface area contributed by atoms with Crippen LogP contribution in [0.1, 0.15) is 5.56 Å². The van der Waals surface area contributed by atoms with Crippen molar-refractivity contribution in [2.75, 3.05) is 0 Å². The number of benzene rings is 1. The fourth-order valence-corrected chi connectivity index (χ4v) is 1.34. The van der Waals surface area contributed by atoms with Crippen LogP contribution in [-0.4, -0.2) is 0 Å². The summed E-state index contributed by atoms with van der Waals surface area (Å²) in [7, 11) is 0. The highest BCUT2D eigenvalue weighted by atomic mass is 79.9. The summed E-state index contributed by atoms with van der Waals surface area (Å²) in [5.74, 6) is 0. The molecule has 0 aliphatic rings. The molecule has 0 bridgehead atoms. The first-order valence-electron chi connectivity index (χ1n) is 3.06. The summed E-state index contributed by atoms with van der Waals surface area (Å²) in [4.78, 5) is 2.72. The molecule has 0 saturated carbocycles. The summed E-state index contributed by atoms with van der Waals surface area (Å²) in [5.41, 5.74) is 9.84. The molecule has 56 valence electrons. The maximum absolute atomic E-state index is 8.21. The number of azide groups is 1. The summed E-state index contributed by atoms with van der Waals surface area (Å²) in [6.07, 6.45) is 0. The number of rotatable bonds is 1. The second kappa shape index (κ2) is 3.42. The van der Waals surface area contributed by atoms with Crippen LogP contribution in [0, 0.1) is 6.92 Å². The number of halogens is 1. The van der Waals surface area contributed by atoms with Gasteiger partial charge in [-0.15, -0.1) is 0 Å². The van der Waals surface area contributed by atoms with Crippen molar-refractivity contribution in [1.29, 1.82) is 0 Å². The van der Waals surface area contributed by atoms with Crippen LogP contribution in [0.2, 0.25) is 0 Å². The van der Waals surface area contributed by atoms with Gasteiger partial charge in [-0.2, -0.15) is 0 Å². The van der Waals surface area contributed by atoms with Gasteiger partial charge in [-0.25, -0.2) is 0 Å². The molecule has 3 nitrogen and oxygen atoms in total. The van der Waals surface area contributed by atoms with Gasteiger partial charge in [0.2, 0.25) is 0 Å². The zero-order valence-corrected chi connectivity index (χ0v) is 7.54. The van der Waals surface area contributed by atoms with E-state index < -0.39 is 0 Å². The maximum atomic E-state index is 8.21. The van der Waals surface area contributed by atoms with Gasteiger partial charge in [0.15, 0.2) is 0 Å². The van der Waals surface area contributed by atoms with E-state index in [1.54, 1.807) is 0 Å². The van der Waals surface area contributed by atoms with E-state index in [4.69, 9.17) is 5.53 Å². The molecule has 0 N–H and O–H groups in total. The predicted octanol–water partition coefficient (Wildman–Crippen LogP) is 3.70. The first-order valence-corrected chi connectivity index (χ1v) is 3.85. The Morgan fingerprint density at radius 3 is 2.82 bits per heavy atom. The van der Waals surface area contributed by atoms with Crippen LogP contribution in [0.5, 0.6) is 0 Å². The minimum atomic E-state index is 0.662. The Bertz CT molecular complexity index is 295. The third-order valence-corrected chi connectivity index (χ3v) is 1.97. The molecule has 0 amide bonds. The highest BCUT2D eigenvalue weighted by molar-refractivity contribution is 9.10. The Balaban J connectivity index is 3.31. The van der Waals surface area contributed by atoms with E-state index in [0.29, 0.717) is 5.69 Å². The Labute approximate surface area is 72.8 Å². The Morgan fingerprint density at radius 1 is 1.55 bits per heavy atom. The number of hydrogen-bond acceptors (Lipinski definition) is 1. The highest BCUT2D eigenvalue weighted by Gasteiger charge is 1.98. The third kappa shape index (κ3) is 1.73. The van der Waals surface area contributed by atoms with Gasteiger partial charge in [0.05, 0.1) is 5.69 Å². The fraction of sp³-hybridized carbons (Fsp3) is 0.143. The summed E-state index contributed by atoms with van der Waals surface area (Å²) in [6.45, 7) is 1.90. The fourth-order valence-electron chi connectivity index (χ4n) is 0.795. The maximum Gasteiger partial charge on any atom is 0.0546 e. The van der Waals surface area contributed by atoms with Gasteiger partial charge in [0.25, 0.3) is 0 Å². The molecule has 4 heteroatoms. The van der Waals surface area contributed by atoms with Crippen molar-refractivity contribution in [3.63, 3.8) is 0 Å². The average molecular weight is 212 g/mol. The second-order valence-corrected chi connectivity index (χ2v) is 2.95. The number of hydrogen-bond donors (Lipinski definition) is 0. The van der Waals surface area contributed by atoms with Crippen LogP contribution in [-0.2, 0) is 0 Å². The Kier molecular flexibility index (Phi) is 2.52. The summed E-state index contributed by atoms with van der Waals surface area (Å²) in [5, 5.41) is 3.54. The molecule has 0 saturated heterocycles. The molecule has 0 fully saturated rings. The average Bonchev–Trinajstić information content (AvgIpc) is 1.97. The standard InChI is InChI=1S/C7H6BrN3/c1-5-3-2-4-6(8)7(5)10-11-9/h2-4H,1H3. The summed E-state index contributed by atoms with van der Waals surface area (Å²) in [6, 6.07) is 5.64. The van der Waals surface area contributed by atoms with Crippen LogP contribution in [0.4, 0.5) is 5.69 Å². The third-order valence-electron chi connectivity index (χ3n) is 1.33. The molecule has 11 heavy (non-hydrogen) atoms. The molecule has 0 aliphatic heterocycles. The molecular formula is C7H6BrN3. The number of aryl methyl sites for hydroxylation is 1. The van der Waals surface area contributed by atoms with Crippen molar-refractivity contribution < 1.29 is 0 Å². The molecular weight excluding hydrogens is 206 g/mol. The molecule has 1 aromatic rings. The zero-order chi connectivity index (χ0) is 8.27. The van der Waals surface area contributed by atoms with Gasteiger partial charge in [-0.1, -0.05) is 33.2 Å². The first kappa shape index (κ1) is 8.11. The van der Waals surface area contributed by atoms with Gasteiger partial charge in [0.1, 0.15) is 0 Å². The normalized spacial score (nSPS) is 8.91. The monoisotopic (exact) mass is 211 g/mol. The molecule has 0 heterocycles. The molecule has 0 spiro atoms. The van der Waals surface area contributed by atoms with Gasteiger partial charge in [-0.05, 0) is 24.1 Å². The van der Waals surface area contributed by atoms with E-state index >= 15 is 0 Å². The molecule has 1 rings (SSSR count). The first-order chi connectivity index (χ1) is 5.25. The minimum Gasteiger partial charge on any atom is -0.0609 e. The summed E-state index contributed by atoms with van der Waals surface area (Å²) < 4.78 is 0.829. The number of nitrogens with zero attached hydrogens (tertiary/aromatic N) is 3. The largest absolute Gasteiger partial charge is 0.0609 e. The lowest BCUT2D eigenvalue weighted by atomic mass is 10.2. The predicted molar refractivity (Wildman–Crippen MR) is 47.7 cm³/mol. The van der Waals surface area contributed by atoms with Crippen LogP contribution in [0.15, 0.2) is 27.8 Å². The van der Waals surface area contributed by atoms with Gasteiger partial charge >= 0.3 is 0 Å². The van der Waals surface area contributed by atoms with Crippen molar-refractivity contribution >= 4 is 21.6 Å². The summed E-state index contributed by atoms with van der Waals surface area (Å²) >= 11 is 3.28. The molecule has 0 aliphatic carbocycles. The molecule has 0 aromatic heterocycles. The quantitative estimate of drug-likeness (QED) is 0.387. The van der Waals surface area contributed by atoms with Crippen molar-refractivity contribution in [2.45, 2.75) is 6.92 Å². The van der Waals surface area contributed by atoms with Crippen LogP contribution in [0.3, 0.4) is 0 Å². The topological polar surface area (TPSA) is 48.8 Å². The lowest BCUT2D eigenvalue weighted by Crippen LogP contribution is -1.73. The van der Waals surface area contributed by atoms with Crippen LogP contribution >= 0.6 is 15.9 Å². The van der Waals surface area contributed by atoms with E-state index in [-0.39, 0.29) is 0 Å². The van der Waals surface area contributed by atoms with Crippen molar-refractivity contribution in [3.05, 3.63) is 38.7 Å². The Hall–Kier alpha value is -0.990. The SMILES string of the molecule is Cc1cccc(Br)c1N=[N+]=[N-]. The minimum absolute atomic E-state index is 0.662. The van der Waals surface area contributed by atoms with Gasteiger partial charge in [0, 0.05) is 9.38 Å². The second-order valence-electron chi connectivity index (χ2n) is 2.09. The van der Waals surface area contributed by atoms with Crippen molar-refractivity contribution in [1.82, 2.24) is 0 Å². The molecule has 0 unspecified atom stereocenters. The lowest BCUT2D eigenvalue weighted by Gasteiger charge is -1.99. The lowest BCUT2D eigenvalue weighted by molar-refractivity contribution is 1.36. The Morgan fingerprint density at radius 2 is 2.27 bits per heavy atom. The molecule has 0 radical (unpaired) electrons. The van der Waals surface area contributed by atoms with E-state index in [1.807, 2.05) is 25.1 Å². The van der Waals surface area contributed by atoms with Gasteiger partial charge in [-0.3, -0.25) is 0 Å². The van der Waals surface area contributed by atoms with E-state index in [2.05, 4.69) is 26.0 Å². The van der Waals surface area contributed by atoms with Crippen molar-refractivity contribution in [3.8, 4) is 0 Å². The van der Waals surface area contributed by atoms with E-state index in [0.717, 1.165) is 10.0 Å². The van der Waals surface area contributed by atoms with Crippen LogP contribution in [0.25, 0.3) is 10.4 Å². The molecule has 0 atom stereocenters. The van der Waals surface area contributed by atoms with Gasteiger partial charge < -0.3 is 0 Å². The highest BCUT2D eigenvalue weighted by Crippen LogP contribution is 2.28. The van der Waals surface area contributed by atoms with Crippen molar-refractivity contribution in [2.24, 2.45) is 5.11 Å². The smallest absolute Gasteiger partial charge is 0.0546 e. The van der Waals surface area contributed by atoms with E-state index in [1.165, 1.54) is 0 Å². The molecule has 1 aromatic carbocycles. The van der Waals surface area contributed by atoms with Crippen LogP contribution < -0.4 is 0 Å².